The summed E-state index contributed by atoms with van der Waals surface area (Å²) < 4.78 is 0. The molecule has 0 spiro atoms. The van der Waals surface area contributed by atoms with E-state index in [9.17, 15) is 0 Å². The van der Waals surface area contributed by atoms with Crippen LogP contribution in [0, 0.1) is 0 Å². The molecule has 0 N–H and O–H groups in total. The van der Waals surface area contributed by atoms with Crippen molar-refractivity contribution in [2.45, 2.75) is 44.4 Å². The third kappa shape index (κ3) is 4.22. The Morgan fingerprint density at radius 1 is 0.519 bits per heavy atom. The van der Waals surface area contributed by atoms with E-state index in [1.165, 1.54) is 59.9 Å². The van der Waals surface area contributed by atoms with Crippen molar-refractivity contribution in [3.05, 3.63) is 108 Å². The fourth-order valence-electron chi connectivity index (χ4n) is 4.44. The van der Waals surface area contributed by atoms with E-state index < -0.39 is 0 Å². The number of allylic oxidation sites excluding steroid dienone is 2. The van der Waals surface area contributed by atoms with Crippen LogP contribution in [0.2, 0.25) is 0 Å². The van der Waals surface area contributed by atoms with E-state index in [2.05, 4.69) is 91.0 Å². The van der Waals surface area contributed by atoms with Crippen LogP contribution in [0.5, 0.6) is 0 Å². The molecule has 0 amide bonds. The van der Waals surface area contributed by atoms with Gasteiger partial charge in [0.25, 0.3) is 0 Å². The maximum Gasteiger partial charge on any atom is 0.00982 e. The molecule has 0 saturated heterocycles. The van der Waals surface area contributed by atoms with Gasteiger partial charge in [0, 0.05) is 5.92 Å². The lowest BCUT2D eigenvalue weighted by atomic mass is 9.79. The fourth-order valence-corrected chi connectivity index (χ4v) is 4.44. The second-order valence-corrected chi connectivity index (χ2v) is 7.54. The van der Waals surface area contributed by atoms with Crippen LogP contribution in [0.15, 0.2) is 91.0 Å². The van der Waals surface area contributed by atoms with Crippen LogP contribution in [-0.2, 0) is 0 Å². The number of hydrogen-bond donors (Lipinski definition) is 0. The minimum absolute atomic E-state index is 0.460. The van der Waals surface area contributed by atoms with Crippen LogP contribution in [0.4, 0.5) is 0 Å². The van der Waals surface area contributed by atoms with Crippen molar-refractivity contribution in [1.82, 2.24) is 0 Å². The van der Waals surface area contributed by atoms with E-state index in [0.29, 0.717) is 5.92 Å². The number of hydrogen-bond acceptors (Lipinski definition) is 0. The number of benzene rings is 3. The molecular weight excluding hydrogens is 324 g/mol. The monoisotopic (exact) mass is 352 g/mol. The average Bonchev–Trinajstić information content (AvgIpc) is 2.86. The Labute approximate surface area is 163 Å². The summed E-state index contributed by atoms with van der Waals surface area (Å²) in [5, 5.41) is 0. The topological polar surface area (TPSA) is 0 Å². The lowest BCUT2D eigenvalue weighted by Gasteiger charge is -2.25. The zero-order chi connectivity index (χ0) is 18.3. The van der Waals surface area contributed by atoms with Crippen molar-refractivity contribution in [1.29, 1.82) is 0 Å². The Hall–Kier alpha value is -2.60. The summed E-state index contributed by atoms with van der Waals surface area (Å²) in [6.45, 7) is 0. The molecule has 27 heavy (non-hydrogen) atoms. The van der Waals surface area contributed by atoms with Gasteiger partial charge in [-0.05, 0) is 47.1 Å². The highest BCUT2D eigenvalue weighted by Gasteiger charge is 2.23. The third-order valence-electron chi connectivity index (χ3n) is 5.75. The van der Waals surface area contributed by atoms with Gasteiger partial charge in [0.15, 0.2) is 0 Å². The van der Waals surface area contributed by atoms with E-state index in [-0.39, 0.29) is 0 Å². The van der Waals surface area contributed by atoms with Crippen molar-refractivity contribution < 1.29 is 0 Å². The molecular formula is C27H28. The van der Waals surface area contributed by atoms with E-state index in [4.69, 9.17) is 0 Å². The van der Waals surface area contributed by atoms with Gasteiger partial charge in [0.05, 0.1) is 0 Å². The fraction of sp³-hybridized carbons (Fsp3) is 0.259. The summed E-state index contributed by atoms with van der Waals surface area (Å²) in [6.07, 6.45) is 7.65. The van der Waals surface area contributed by atoms with E-state index >= 15 is 0 Å². The van der Waals surface area contributed by atoms with Crippen LogP contribution in [0.3, 0.4) is 0 Å². The predicted molar refractivity (Wildman–Crippen MR) is 117 cm³/mol. The first-order valence-electron chi connectivity index (χ1n) is 10.3. The molecule has 3 aromatic carbocycles. The SMILES string of the molecule is c1ccc(C2=C(c3ccccc3)C(c3ccccc3)CCCCCC2)cc1. The Morgan fingerprint density at radius 3 is 1.74 bits per heavy atom. The maximum atomic E-state index is 2.31. The van der Waals surface area contributed by atoms with E-state index in [0.717, 1.165) is 6.42 Å². The Bertz CT molecular complexity index is 860. The molecule has 0 heteroatoms. The van der Waals surface area contributed by atoms with Gasteiger partial charge < -0.3 is 0 Å². The smallest absolute Gasteiger partial charge is 0.00982 e. The molecule has 0 bridgehead atoms. The van der Waals surface area contributed by atoms with Crippen LogP contribution in [-0.4, -0.2) is 0 Å². The van der Waals surface area contributed by atoms with Crippen LogP contribution in [0.25, 0.3) is 11.1 Å². The number of rotatable bonds is 3. The predicted octanol–water partition coefficient (Wildman–Crippen LogP) is 7.74. The van der Waals surface area contributed by atoms with Gasteiger partial charge in [-0.1, -0.05) is 110 Å². The van der Waals surface area contributed by atoms with Crippen molar-refractivity contribution >= 4 is 11.1 Å². The zero-order valence-corrected chi connectivity index (χ0v) is 16.0. The highest BCUT2D eigenvalue weighted by Crippen LogP contribution is 2.43. The Kier molecular flexibility index (Phi) is 5.84. The first-order chi connectivity index (χ1) is 13.4. The summed E-state index contributed by atoms with van der Waals surface area (Å²) in [5.74, 6) is 0.460. The maximum absolute atomic E-state index is 2.31. The molecule has 0 saturated carbocycles. The summed E-state index contributed by atoms with van der Waals surface area (Å²) in [4.78, 5) is 0. The second-order valence-electron chi connectivity index (χ2n) is 7.54. The van der Waals surface area contributed by atoms with Gasteiger partial charge in [-0.25, -0.2) is 0 Å². The molecule has 1 unspecified atom stereocenters. The average molecular weight is 353 g/mol. The minimum Gasteiger partial charge on any atom is -0.0622 e. The van der Waals surface area contributed by atoms with Crippen LogP contribution in [0.1, 0.15) is 61.1 Å². The van der Waals surface area contributed by atoms with Gasteiger partial charge in [0.1, 0.15) is 0 Å². The molecule has 4 rings (SSSR count). The van der Waals surface area contributed by atoms with Crippen molar-refractivity contribution in [3.63, 3.8) is 0 Å². The Balaban J connectivity index is 1.94. The standard InChI is InChI=1S/C27H28/c1-2-13-21-26(23-16-8-4-9-17-23)27(24-18-10-5-11-19-24)25(20-12-1)22-14-6-3-7-15-22/h3-11,14-19,25H,1-2,12-13,20-21H2. The summed E-state index contributed by atoms with van der Waals surface area (Å²) in [7, 11) is 0. The molecule has 0 heterocycles. The third-order valence-corrected chi connectivity index (χ3v) is 5.75. The van der Waals surface area contributed by atoms with Crippen LogP contribution < -0.4 is 0 Å². The van der Waals surface area contributed by atoms with Crippen molar-refractivity contribution in [3.8, 4) is 0 Å². The molecule has 3 aromatic rings. The highest BCUT2D eigenvalue weighted by atomic mass is 14.3. The Morgan fingerprint density at radius 2 is 1.07 bits per heavy atom. The lowest BCUT2D eigenvalue weighted by molar-refractivity contribution is 0.609. The largest absolute Gasteiger partial charge is 0.0622 e. The first-order valence-corrected chi connectivity index (χ1v) is 10.3. The van der Waals surface area contributed by atoms with Gasteiger partial charge in [-0.2, -0.15) is 0 Å². The summed E-state index contributed by atoms with van der Waals surface area (Å²) >= 11 is 0. The molecule has 1 aliphatic carbocycles. The normalized spacial score (nSPS) is 18.4. The van der Waals surface area contributed by atoms with Gasteiger partial charge in [-0.15, -0.1) is 0 Å². The van der Waals surface area contributed by atoms with E-state index in [1.54, 1.807) is 0 Å². The molecule has 136 valence electrons. The molecule has 1 atom stereocenters. The van der Waals surface area contributed by atoms with Gasteiger partial charge in [0.2, 0.25) is 0 Å². The summed E-state index contributed by atoms with van der Waals surface area (Å²) in [5.41, 5.74) is 7.30. The van der Waals surface area contributed by atoms with Crippen molar-refractivity contribution in [2.24, 2.45) is 0 Å². The summed E-state index contributed by atoms with van der Waals surface area (Å²) in [6, 6.07) is 33.3. The lowest BCUT2D eigenvalue weighted by Crippen LogP contribution is -2.05. The second kappa shape index (κ2) is 8.86. The van der Waals surface area contributed by atoms with Gasteiger partial charge in [-0.3, -0.25) is 0 Å². The van der Waals surface area contributed by atoms with E-state index in [1.807, 2.05) is 0 Å². The van der Waals surface area contributed by atoms with Gasteiger partial charge >= 0.3 is 0 Å². The molecule has 0 fully saturated rings. The van der Waals surface area contributed by atoms with Crippen molar-refractivity contribution in [2.75, 3.05) is 0 Å². The molecule has 0 aromatic heterocycles. The molecule has 0 radical (unpaired) electrons. The van der Waals surface area contributed by atoms with Crippen LogP contribution >= 0.6 is 0 Å². The molecule has 0 aliphatic heterocycles. The highest BCUT2D eigenvalue weighted by molar-refractivity contribution is 5.93. The molecule has 1 aliphatic rings. The first kappa shape index (κ1) is 17.8. The molecule has 0 nitrogen and oxygen atoms in total. The minimum atomic E-state index is 0.460. The quantitative estimate of drug-likeness (QED) is 0.452. The zero-order valence-electron chi connectivity index (χ0n) is 16.0.